The van der Waals surface area contributed by atoms with E-state index in [-0.39, 0.29) is 17.5 Å². The van der Waals surface area contributed by atoms with Crippen LogP contribution in [0, 0.1) is 5.41 Å². The number of hydrogen-bond donors (Lipinski definition) is 0. The summed E-state index contributed by atoms with van der Waals surface area (Å²) in [6, 6.07) is 0. The van der Waals surface area contributed by atoms with Crippen LogP contribution in [-0.2, 0) is 9.53 Å². The van der Waals surface area contributed by atoms with Gasteiger partial charge in [-0.15, -0.1) is 0 Å². The first-order chi connectivity index (χ1) is 10.9. The summed E-state index contributed by atoms with van der Waals surface area (Å²) in [7, 11) is 0. The second-order valence-corrected chi connectivity index (χ2v) is 8.04. The summed E-state index contributed by atoms with van der Waals surface area (Å²) in [5.74, 6) is -0.0528. The van der Waals surface area contributed by atoms with Crippen LogP contribution in [0.15, 0.2) is 0 Å². The van der Waals surface area contributed by atoms with Gasteiger partial charge >= 0.3 is 5.97 Å². The minimum Gasteiger partial charge on any atom is -0.462 e. The Hall–Kier alpha value is -0.530. The van der Waals surface area contributed by atoms with E-state index in [1.54, 1.807) is 0 Å². The largest absolute Gasteiger partial charge is 0.462 e. The fraction of sp³-hybridized carbons (Fsp3) is 0.952. The number of unbranched alkanes of at least 4 members (excludes halogenated alkanes) is 9. The first kappa shape index (κ1) is 22.5. The van der Waals surface area contributed by atoms with Gasteiger partial charge in [0.15, 0.2) is 0 Å². The fourth-order valence-corrected chi connectivity index (χ4v) is 2.77. The molecular weight excluding hydrogens is 284 g/mol. The number of esters is 1. The number of ether oxygens (including phenoxy) is 1. The van der Waals surface area contributed by atoms with Crippen LogP contribution in [0.4, 0.5) is 0 Å². The van der Waals surface area contributed by atoms with Crippen molar-refractivity contribution in [3.63, 3.8) is 0 Å². The van der Waals surface area contributed by atoms with E-state index in [2.05, 4.69) is 13.8 Å². The Kier molecular flexibility index (Phi) is 13.5. The highest BCUT2D eigenvalue weighted by Gasteiger charge is 2.25. The lowest BCUT2D eigenvalue weighted by molar-refractivity contribution is -0.159. The molecule has 0 saturated heterocycles. The molecule has 0 aliphatic rings. The van der Waals surface area contributed by atoms with Gasteiger partial charge in [0.05, 0.1) is 5.41 Å². The molecule has 0 aliphatic heterocycles. The maximum Gasteiger partial charge on any atom is 0.311 e. The Morgan fingerprint density at radius 1 is 0.739 bits per heavy atom. The van der Waals surface area contributed by atoms with E-state index in [1.165, 1.54) is 64.2 Å². The highest BCUT2D eigenvalue weighted by Crippen LogP contribution is 2.21. The topological polar surface area (TPSA) is 26.3 Å². The Labute approximate surface area is 145 Å². The first-order valence-corrected chi connectivity index (χ1v) is 10.1. The van der Waals surface area contributed by atoms with Gasteiger partial charge < -0.3 is 4.74 Å². The molecule has 138 valence electrons. The zero-order chi connectivity index (χ0) is 17.6. The lowest BCUT2D eigenvalue weighted by Crippen LogP contribution is -2.28. The summed E-state index contributed by atoms with van der Waals surface area (Å²) < 4.78 is 5.70. The van der Waals surface area contributed by atoms with E-state index in [1.807, 2.05) is 20.8 Å². The van der Waals surface area contributed by atoms with Gasteiger partial charge in [0.1, 0.15) is 6.10 Å². The zero-order valence-corrected chi connectivity index (χ0v) is 16.6. The molecule has 0 rings (SSSR count). The Morgan fingerprint density at radius 3 is 1.65 bits per heavy atom. The van der Waals surface area contributed by atoms with Crippen molar-refractivity contribution in [2.75, 3.05) is 0 Å². The van der Waals surface area contributed by atoms with Crippen molar-refractivity contribution >= 4 is 5.97 Å². The first-order valence-electron chi connectivity index (χ1n) is 10.1. The molecule has 2 nitrogen and oxygen atoms in total. The fourth-order valence-electron chi connectivity index (χ4n) is 2.77. The van der Waals surface area contributed by atoms with E-state index in [0.29, 0.717) is 0 Å². The average Bonchev–Trinajstić information content (AvgIpc) is 2.48. The molecule has 0 heterocycles. The average molecular weight is 327 g/mol. The third-order valence-corrected chi connectivity index (χ3v) is 4.38. The van der Waals surface area contributed by atoms with Crippen molar-refractivity contribution in [3.8, 4) is 0 Å². The number of carbonyl (C=O) groups is 1. The minimum atomic E-state index is -0.385. The molecule has 0 aromatic carbocycles. The molecular formula is C21H42O2. The zero-order valence-electron chi connectivity index (χ0n) is 16.6. The van der Waals surface area contributed by atoms with E-state index in [9.17, 15) is 4.79 Å². The van der Waals surface area contributed by atoms with Gasteiger partial charge in [-0.25, -0.2) is 0 Å². The molecule has 0 bridgehead atoms. The Morgan fingerprint density at radius 2 is 1.22 bits per heavy atom. The summed E-state index contributed by atoms with van der Waals surface area (Å²) in [4.78, 5) is 12.0. The summed E-state index contributed by atoms with van der Waals surface area (Å²) in [5, 5.41) is 0. The normalized spacial score (nSPS) is 13.1. The van der Waals surface area contributed by atoms with Crippen molar-refractivity contribution in [2.45, 2.75) is 124 Å². The molecule has 1 atom stereocenters. The van der Waals surface area contributed by atoms with Crippen molar-refractivity contribution in [1.29, 1.82) is 0 Å². The van der Waals surface area contributed by atoms with Crippen molar-refractivity contribution in [3.05, 3.63) is 0 Å². The van der Waals surface area contributed by atoms with Crippen LogP contribution in [0.3, 0.4) is 0 Å². The second-order valence-electron chi connectivity index (χ2n) is 8.04. The molecule has 0 aliphatic carbocycles. The highest BCUT2D eigenvalue weighted by molar-refractivity contribution is 5.75. The molecule has 0 fully saturated rings. The maximum absolute atomic E-state index is 12.0. The summed E-state index contributed by atoms with van der Waals surface area (Å²) in [6.45, 7) is 10.2. The van der Waals surface area contributed by atoms with Gasteiger partial charge in [-0.1, -0.05) is 78.1 Å². The minimum absolute atomic E-state index is 0.0528. The van der Waals surface area contributed by atoms with Crippen molar-refractivity contribution in [2.24, 2.45) is 5.41 Å². The predicted molar refractivity (Wildman–Crippen MR) is 101 cm³/mol. The van der Waals surface area contributed by atoms with Crippen LogP contribution in [0.5, 0.6) is 0 Å². The van der Waals surface area contributed by atoms with Crippen LogP contribution in [0.1, 0.15) is 118 Å². The molecule has 0 N–H and O–H groups in total. The van der Waals surface area contributed by atoms with E-state index >= 15 is 0 Å². The van der Waals surface area contributed by atoms with Crippen LogP contribution in [0.25, 0.3) is 0 Å². The van der Waals surface area contributed by atoms with E-state index in [0.717, 1.165) is 19.3 Å². The van der Waals surface area contributed by atoms with E-state index < -0.39 is 0 Å². The summed E-state index contributed by atoms with van der Waals surface area (Å²) in [6.07, 6.45) is 16.8. The predicted octanol–water partition coefficient (Wildman–Crippen LogP) is 7.06. The van der Waals surface area contributed by atoms with Crippen LogP contribution in [-0.4, -0.2) is 12.1 Å². The summed E-state index contributed by atoms with van der Waals surface area (Å²) in [5.41, 5.74) is -0.385. The van der Waals surface area contributed by atoms with Gasteiger partial charge in [0.2, 0.25) is 0 Å². The van der Waals surface area contributed by atoms with Crippen LogP contribution in [0.2, 0.25) is 0 Å². The monoisotopic (exact) mass is 326 g/mol. The smallest absolute Gasteiger partial charge is 0.311 e. The molecule has 0 aromatic rings. The number of hydrogen-bond acceptors (Lipinski definition) is 2. The quantitative estimate of drug-likeness (QED) is 0.252. The molecule has 2 heteroatoms. The maximum atomic E-state index is 12.0. The lowest BCUT2D eigenvalue weighted by Gasteiger charge is -2.23. The van der Waals surface area contributed by atoms with Crippen LogP contribution < -0.4 is 0 Å². The van der Waals surface area contributed by atoms with E-state index in [4.69, 9.17) is 4.74 Å². The Balaban J connectivity index is 3.67. The third-order valence-electron chi connectivity index (χ3n) is 4.38. The van der Waals surface area contributed by atoms with Crippen molar-refractivity contribution in [1.82, 2.24) is 0 Å². The molecule has 1 unspecified atom stereocenters. The second kappa shape index (κ2) is 13.9. The van der Waals surface area contributed by atoms with Crippen molar-refractivity contribution < 1.29 is 9.53 Å². The standard InChI is InChI=1S/C21H42O2/c1-6-8-9-10-11-12-13-14-15-16-18-19(17-7-2)23-20(22)21(3,4)5/h19H,6-18H2,1-5H3. The molecule has 0 saturated carbocycles. The lowest BCUT2D eigenvalue weighted by atomic mass is 9.97. The third kappa shape index (κ3) is 13.6. The highest BCUT2D eigenvalue weighted by atomic mass is 16.5. The molecule has 0 aromatic heterocycles. The van der Waals surface area contributed by atoms with Gasteiger partial charge in [-0.05, 0) is 40.0 Å². The molecule has 0 spiro atoms. The van der Waals surface area contributed by atoms with Gasteiger partial charge in [-0.2, -0.15) is 0 Å². The van der Waals surface area contributed by atoms with Gasteiger partial charge in [0, 0.05) is 0 Å². The Bertz CT molecular complexity index is 278. The SMILES string of the molecule is CCCCCCCCCCCCC(CCC)OC(=O)C(C)(C)C. The number of carbonyl (C=O) groups excluding carboxylic acids is 1. The molecule has 0 amide bonds. The molecule has 0 radical (unpaired) electrons. The van der Waals surface area contributed by atoms with Gasteiger partial charge in [-0.3, -0.25) is 4.79 Å². The summed E-state index contributed by atoms with van der Waals surface area (Å²) >= 11 is 0. The van der Waals surface area contributed by atoms with Gasteiger partial charge in [0.25, 0.3) is 0 Å². The van der Waals surface area contributed by atoms with Crippen LogP contribution >= 0.6 is 0 Å². The number of rotatable bonds is 14. The molecule has 23 heavy (non-hydrogen) atoms.